The second-order valence-electron chi connectivity index (χ2n) is 9.55. The molecule has 0 aliphatic rings. The summed E-state index contributed by atoms with van der Waals surface area (Å²) in [6.07, 6.45) is -6.38. The van der Waals surface area contributed by atoms with E-state index in [-0.39, 0.29) is 23.2 Å². The van der Waals surface area contributed by atoms with Gasteiger partial charge in [0.25, 0.3) is 0 Å². The molecule has 2 aromatic heterocycles. The number of aliphatic hydroxyl groups is 1. The van der Waals surface area contributed by atoms with Crippen molar-refractivity contribution in [1.82, 2.24) is 14.8 Å². The van der Waals surface area contributed by atoms with E-state index in [9.17, 15) is 27.5 Å². The van der Waals surface area contributed by atoms with Crippen molar-refractivity contribution >= 4 is 29.2 Å². The highest BCUT2D eigenvalue weighted by molar-refractivity contribution is 6.29. The number of halogens is 5. The SMILES string of the molecule is Cc1cc(-c2cc(N(C(=O)OC(C)(C)C)c3ccc(F)c(C(F)(F)F)c3)nn2CCC(C)O)cc(Cl)n1. The van der Waals surface area contributed by atoms with Crippen molar-refractivity contribution < 1.29 is 32.2 Å². The van der Waals surface area contributed by atoms with E-state index >= 15 is 0 Å². The van der Waals surface area contributed by atoms with Crippen LogP contribution in [0.1, 0.15) is 45.4 Å². The number of carbonyl (C=O) groups excluding carboxylic acids is 1. The molecule has 3 aromatic rings. The number of hydrogen-bond donors (Lipinski definition) is 1. The molecule has 0 saturated heterocycles. The zero-order valence-electron chi connectivity index (χ0n) is 20.9. The summed E-state index contributed by atoms with van der Waals surface area (Å²) < 4.78 is 61.4. The van der Waals surface area contributed by atoms with Gasteiger partial charge in [-0.05, 0) is 71.4 Å². The first-order valence-electron chi connectivity index (χ1n) is 11.4. The highest BCUT2D eigenvalue weighted by Gasteiger charge is 2.36. The molecule has 200 valence electrons. The van der Waals surface area contributed by atoms with Crippen LogP contribution in [0.2, 0.25) is 5.15 Å². The highest BCUT2D eigenvalue weighted by Crippen LogP contribution is 2.37. The number of rotatable bonds is 6. The lowest BCUT2D eigenvalue weighted by Gasteiger charge is -2.26. The Balaban J connectivity index is 2.23. The quantitative estimate of drug-likeness (QED) is 0.270. The minimum absolute atomic E-state index is 0.0693. The number of anilines is 2. The molecule has 0 aliphatic heterocycles. The second kappa shape index (κ2) is 10.7. The standard InChI is InChI=1S/C25H27ClF4N4O3/c1-14-10-16(11-21(26)31-14)20-13-22(32-33(20)9-8-15(2)35)34(23(36)37-24(3,4)5)17-6-7-19(27)18(12-17)25(28,29)30/h6-7,10-13,15,35H,8-9H2,1-5H3. The summed E-state index contributed by atoms with van der Waals surface area (Å²) in [7, 11) is 0. The van der Waals surface area contributed by atoms with E-state index in [2.05, 4.69) is 10.1 Å². The number of carbonyl (C=O) groups is 1. The van der Waals surface area contributed by atoms with Crippen molar-refractivity contribution in [1.29, 1.82) is 0 Å². The first-order valence-corrected chi connectivity index (χ1v) is 11.7. The Morgan fingerprint density at radius 1 is 1.19 bits per heavy atom. The first-order chi connectivity index (χ1) is 17.0. The Bertz CT molecular complexity index is 1270. The predicted molar refractivity (Wildman–Crippen MR) is 131 cm³/mol. The molecule has 1 atom stereocenters. The Labute approximate surface area is 216 Å². The third-order valence-corrected chi connectivity index (χ3v) is 5.26. The second-order valence-corrected chi connectivity index (χ2v) is 9.93. The van der Waals surface area contributed by atoms with E-state index in [0.717, 1.165) is 11.0 Å². The Morgan fingerprint density at radius 2 is 1.86 bits per heavy atom. The minimum Gasteiger partial charge on any atom is -0.443 e. The summed E-state index contributed by atoms with van der Waals surface area (Å²) in [4.78, 5) is 18.2. The molecule has 1 aromatic carbocycles. The van der Waals surface area contributed by atoms with E-state index in [0.29, 0.717) is 35.5 Å². The first kappa shape index (κ1) is 28.4. The zero-order chi connectivity index (χ0) is 27.7. The van der Waals surface area contributed by atoms with Crippen LogP contribution in [0.15, 0.2) is 36.4 Å². The molecule has 3 rings (SSSR count). The van der Waals surface area contributed by atoms with E-state index in [1.165, 1.54) is 10.7 Å². The third-order valence-electron chi connectivity index (χ3n) is 5.06. The van der Waals surface area contributed by atoms with Crippen molar-refractivity contribution in [2.75, 3.05) is 4.90 Å². The molecular weight excluding hydrogens is 516 g/mol. The molecule has 1 unspecified atom stereocenters. The van der Waals surface area contributed by atoms with E-state index in [1.807, 2.05) is 0 Å². The predicted octanol–water partition coefficient (Wildman–Crippen LogP) is 6.91. The molecule has 12 heteroatoms. The van der Waals surface area contributed by atoms with Gasteiger partial charge in [-0.3, -0.25) is 4.68 Å². The Kier molecular flexibility index (Phi) is 8.18. The van der Waals surface area contributed by atoms with Gasteiger partial charge in [-0.15, -0.1) is 0 Å². The van der Waals surface area contributed by atoms with Gasteiger partial charge in [-0.25, -0.2) is 19.1 Å². The molecule has 0 bridgehead atoms. The van der Waals surface area contributed by atoms with Gasteiger partial charge in [0.2, 0.25) is 0 Å². The summed E-state index contributed by atoms with van der Waals surface area (Å²) >= 11 is 6.14. The van der Waals surface area contributed by atoms with Crippen LogP contribution in [0.4, 0.5) is 33.9 Å². The summed E-state index contributed by atoms with van der Waals surface area (Å²) in [5.74, 6) is -1.55. The molecule has 37 heavy (non-hydrogen) atoms. The summed E-state index contributed by atoms with van der Waals surface area (Å²) in [6.45, 7) is 8.35. The van der Waals surface area contributed by atoms with Gasteiger partial charge in [-0.2, -0.15) is 18.3 Å². The molecule has 1 amide bonds. The van der Waals surface area contributed by atoms with Crippen molar-refractivity contribution in [3.05, 3.63) is 58.6 Å². The van der Waals surface area contributed by atoms with Crippen LogP contribution in [0.25, 0.3) is 11.3 Å². The molecule has 7 nitrogen and oxygen atoms in total. The maximum Gasteiger partial charge on any atom is 0.420 e. The number of aliphatic hydroxyl groups excluding tert-OH is 1. The highest BCUT2D eigenvalue weighted by atomic mass is 35.5. The summed E-state index contributed by atoms with van der Waals surface area (Å²) in [6, 6.07) is 6.98. The topological polar surface area (TPSA) is 80.5 Å². The van der Waals surface area contributed by atoms with Crippen LogP contribution < -0.4 is 4.90 Å². The molecule has 0 fully saturated rings. The lowest BCUT2D eigenvalue weighted by Crippen LogP contribution is -2.34. The Morgan fingerprint density at radius 3 is 2.43 bits per heavy atom. The maximum absolute atomic E-state index is 14.0. The van der Waals surface area contributed by atoms with E-state index < -0.39 is 35.4 Å². The monoisotopic (exact) mass is 542 g/mol. The average molecular weight is 543 g/mol. The van der Waals surface area contributed by atoms with Crippen LogP contribution in [0.5, 0.6) is 0 Å². The van der Waals surface area contributed by atoms with Crippen molar-refractivity contribution in [3.8, 4) is 11.3 Å². The lowest BCUT2D eigenvalue weighted by molar-refractivity contribution is -0.139. The number of benzene rings is 1. The number of nitrogens with zero attached hydrogens (tertiary/aromatic N) is 4. The molecule has 0 radical (unpaired) electrons. The van der Waals surface area contributed by atoms with E-state index in [4.69, 9.17) is 16.3 Å². The van der Waals surface area contributed by atoms with Crippen LogP contribution in [0, 0.1) is 12.7 Å². The van der Waals surface area contributed by atoms with Gasteiger partial charge in [0.05, 0.1) is 23.0 Å². The number of hydrogen-bond acceptors (Lipinski definition) is 5. The molecule has 0 aliphatic carbocycles. The van der Waals surface area contributed by atoms with Crippen LogP contribution in [-0.2, 0) is 17.5 Å². The van der Waals surface area contributed by atoms with Gasteiger partial charge in [0.1, 0.15) is 16.6 Å². The normalized spacial score (nSPS) is 12.9. The number of aromatic nitrogens is 3. The minimum atomic E-state index is -4.99. The largest absolute Gasteiger partial charge is 0.443 e. The number of aryl methyl sites for hydroxylation is 2. The van der Waals surface area contributed by atoms with Gasteiger partial charge in [0.15, 0.2) is 5.82 Å². The van der Waals surface area contributed by atoms with E-state index in [1.54, 1.807) is 46.8 Å². The van der Waals surface area contributed by atoms with Gasteiger partial charge < -0.3 is 9.84 Å². The number of amides is 1. The van der Waals surface area contributed by atoms with Crippen LogP contribution >= 0.6 is 11.6 Å². The van der Waals surface area contributed by atoms with Crippen molar-refractivity contribution in [2.24, 2.45) is 0 Å². The van der Waals surface area contributed by atoms with Gasteiger partial charge >= 0.3 is 12.3 Å². The molecule has 0 spiro atoms. The fraction of sp³-hybridized carbons (Fsp3) is 0.400. The van der Waals surface area contributed by atoms with Gasteiger partial charge in [0, 0.05) is 23.9 Å². The molecule has 1 N–H and O–H groups in total. The van der Waals surface area contributed by atoms with Crippen molar-refractivity contribution in [2.45, 2.75) is 65.5 Å². The van der Waals surface area contributed by atoms with Crippen molar-refractivity contribution in [3.63, 3.8) is 0 Å². The Hall–Kier alpha value is -3.18. The molecule has 0 saturated carbocycles. The zero-order valence-corrected chi connectivity index (χ0v) is 21.7. The fourth-order valence-electron chi connectivity index (χ4n) is 3.51. The number of alkyl halides is 3. The smallest absolute Gasteiger partial charge is 0.420 e. The maximum atomic E-state index is 14.0. The van der Waals surface area contributed by atoms with Gasteiger partial charge in [-0.1, -0.05) is 11.6 Å². The van der Waals surface area contributed by atoms with Crippen LogP contribution in [-0.4, -0.2) is 37.7 Å². The molecule has 2 heterocycles. The molecular formula is C25H27ClF4N4O3. The average Bonchev–Trinajstić information content (AvgIpc) is 3.14. The fourth-order valence-corrected chi connectivity index (χ4v) is 3.76. The summed E-state index contributed by atoms with van der Waals surface area (Å²) in [5, 5.41) is 14.5. The summed E-state index contributed by atoms with van der Waals surface area (Å²) in [5.41, 5.74) is -1.17. The van der Waals surface area contributed by atoms with Crippen LogP contribution in [0.3, 0.4) is 0 Å². The number of ether oxygens (including phenoxy) is 1. The lowest BCUT2D eigenvalue weighted by atomic mass is 10.1. The number of pyridine rings is 1. The third kappa shape index (κ3) is 7.20.